The standard InChI is InChI=1S/C11H21N5O2.ClH/c1-14(2)9-10(18)13-11(12-9)16-5-3-15(4-6-16)7-8-17;/h9,17H,3-8H2,1-2H3,(H,12,13,18);1H. The number of guanidine groups is 1. The van der Waals surface area contributed by atoms with E-state index in [4.69, 9.17) is 5.11 Å². The monoisotopic (exact) mass is 291 g/mol. The van der Waals surface area contributed by atoms with Gasteiger partial charge in [0.15, 0.2) is 6.17 Å². The van der Waals surface area contributed by atoms with E-state index in [9.17, 15) is 4.79 Å². The smallest absolute Gasteiger partial charge is 0.286 e. The number of halogens is 1. The van der Waals surface area contributed by atoms with Gasteiger partial charge in [-0.25, -0.2) is 0 Å². The highest BCUT2D eigenvalue weighted by Crippen LogP contribution is 2.08. The van der Waals surface area contributed by atoms with E-state index < -0.39 is 0 Å². The van der Waals surface area contributed by atoms with Crippen LogP contribution in [0, 0.1) is 0 Å². The number of aliphatic imine (C=N–C) groups is 1. The maximum absolute atomic E-state index is 11.7. The van der Waals surface area contributed by atoms with E-state index in [0.29, 0.717) is 12.5 Å². The first-order chi connectivity index (χ1) is 8.61. The lowest BCUT2D eigenvalue weighted by Gasteiger charge is -2.35. The topological polar surface area (TPSA) is 71.4 Å². The molecule has 1 atom stereocenters. The van der Waals surface area contributed by atoms with Crippen molar-refractivity contribution in [2.75, 3.05) is 53.4 Å². The van der Waals surface area contributed by atoms with Gasteiger partial charge in [0.25, 0.3) is 5.91 Å². The number of hydrogen-bond acceptors (Lipinski definition) is 6. The molecule has 110 valence electrons. The molecule has 1 saturated heterocycles. The highest BCUT2D eigenvalue weighted by molar-refractivity contribution is 6.02. The number of nitrogens with one attached hydrogen (secondary N) is 1. The van der Waals surface area contributed by atoms with Gasteiger partial charge in [-0.1, -0.05) is 0 Å². The van der Waals surface area contributed by atoms with Crippen LogP contribution in [0.15, 0.2) is 4.99 Å². The first-order valence-electron chi connectivity index (χ1n) is 6.25. The van der Waals surface area contributed by atoms with Gasteiger partial charge in [0.2, 0.25) is 5.96 Å². The molecule has 0 aromatic carbocycles. The highest BCUT2D eigenvalue weighted by Gasteiger charge is 2.32. The van der Waals surface area contributed by atoms with Crippen molar-refractivity contribution in [2.24, 2.45) is 4.99 Å². The highest BCUT2D eigenvalue weighted by atomic mass is 35.5. The van der Waals surface area contributed by atoms with E-state index in [1.54, 1.807) is 0 Å². The molecule has 0 aromatic heterocycles. The number of aliphatic hydroxyl groups excluding tert-OH is 1. The second-order valence-electron chi connectivity index (χ2n) is 4.84. The summed E-state index contributed by atoms with van der Waals surface area (Å²) in [7, 11) is 3.71. The first kappa shape index (κ1) is 16.2. The minimum Gasteiger partial charge on any atom is -0.395 e. The Labute approximate surface area is 119 Å². The molecule has 2 heterocycles. The number of amides is 1. The Balaban J connectivity index is 0.00000180. The predicted molar refractivity (Wildman–Crippen MR) is 75.4 cm³/mol. The van der Waals surface area contributed by atoms with E-state index >= 15 is 0 Å². The van der Waals surface area contributed by atoms with Crippen LogP contribution >= 0.6 is 12.4 Å². The molecule has 2 aliphatic rings. The molecule has 8 heteroatoms. The lowest BCUT2D eigenvalue weighted by Crippen LogP contribution is -2.54. The maximum atomic E-state index is 11.7. The van der Waals surface area contributed by atoms with Gasteiger partial charge < -0.3 is 15.3 Å². The summed E-state index contributed by atoms with van der Waals surface area (Å²) in [4.78, 5) is 21.9. The number of rotatable bonds is 3. The number of piperazine rings is 1. The molecule has 0 spiro atoms. The molecular weight excluding hydrogens is 270 g/mol. The van der Waals surface area contributed by atoms with Crippen LogP contribution in [0.25, 0.3) is 0 Å². The molecule has 1 fully saturated rings. The fourth-order valence-corrected chi connectivity index (χ4v) is 2.22. The van der Waals surface area contributed by atoms with Gasteiger partial charge in [-0.3, -0.25) is 14.6 Å². The Morgan fingerprint density at radius 3 is 2.47 bits per heavy atom. The number of nitrogens with zero attached hydrogens (tertiary/aromatic N) is 4. The third kappa shape index (κ3) is 3.79. The number of likely N-dealkylation sites (N-methyl/N-ethyl adjacent to an activating group) is 1. The Morgan fingerprint density at radius 2 is 2.00 bits per heavy atom. The molecule has 0 saturated carbocycles. The van der Waals surface area contributed by atoms with Crippen LogP contribution in [0.4, 0.5) is 0 Å². The van der Waals surface area contributed by atoms with Crippen molar-refractivity contribution >= 4 is 24.3 Å². The van der Waals surface area contributed by atoms with Crippen molar-refractivity contribution in [3.8, 4) is 0 Å². The summed E-state index contributed by atoms with van der Waals surface area (Å²) < 4.78 is 0. The van der Waals surface area contributed by atoms with Gasteiger partial charge in [-0.2, -0.15) is 4.99 Å². The minimum atomic E-state index is -0.338. The average molecular weight is 292 g/mol. The lowest BCUT2D eigenvalue weighted by molar-refractivity contribution is -0.121. The number of hydrogen-bond donors (Lipinski definition) is 2. The largest absolute Gasteiger partial charge is 0.395 e. The average Bonchev–Trinajstić information content (AvgIpc) is 2.73. The third-order valence-corrected chi connectivity index (χ3v) is 3.32. The predicted octanol–water partition coefficient (Wildman–Crippen LogP) is -1.61. The normalized spacial score (nSPS) is 24.2. The Morgan fingerprint density at radius 1 is 1.37 bits per heavy atom. The van der Waals surface area contributed by atoms with Gasteiger partial charge in [0.05, 0.1) is 6.61 Å². The summed E-state index contributed by atoms with van der Waals surface area (Å²) in [5.74, 6) is 0.551. The second kappa shape index (κ2) is 7.04. The first-order valence-corrected chi connectivity index (χ1v) is 6.25. The molecule has 2 N–H and O–H groups in total. The summed E-state index contributed by atoms with van der Waals surface area (Å²) in [6.07, 6.45) is -0.338. The van der Waals surface area contributed by atoms with Crippen LogP contribution in [-0.4, -0.2) is 91.3 Å². The van der Waals surface area contributed by atoms with Gasteiger partial charge in [-0.15, -0.1) is 12.4 Å². The SMILES string of the molecule is CN(C)C1NC(N2CCN(CCO)CC2)=NC1=O.Cl. The van der Waals surface area contributed by atoms with E-state index in [1.807, 2.05) is 19.0 Å². The number of carbonyl (C=O) groups excluding carboxylic acids is 1. The lowest BCUT2D eigenvalue weighted by atomic mass is 10.3. The zero-order valence-corrected chi connectivity index (χ0v) is 12.2. The minimum absolute atomic E-state index is 0. The van der Waals surface area contributed by atoms with E-state index in [0.717, 1.165) is 26.2 Å². The van der Waals surface area contributed by atoms with Crippen molar-refractivity contribution < 1.29 is 9.90 Å². The third-order valence-electron chi connectivity index (χ3n) is 3.32. The van der Waals surface area contributed by atoms with Gasteiger partial charge in [0, 0.05) is 32.7 Å². The quantitative estimate of drug-likeness (QED) is 0.652. The molecule has 7 nitrogen and oxygen atoms in total. The van der Waals surface area contributed by atoms with Crippen molar-refractivity contribution in [2.45, 2.75) is 6.17 Å². The van der Waals surface area contributed by atoms with Crippen LogP contribution < -0.4 is 5.32 Å². The Bertz CT molecular complexity index is 342. The van der Waals surface area contributed by atoms with Crippen LogP contribution in [-0.2, 0) is 4.79 Å². The fraction of sp³-hybridized carbons (Fsp3) is 0.818. The van der Waals surface area contributed by atoms with Gasteiger partial charge >= 0.3 is 0 Å². The zero-order valence-electron chi connectivity index (χ0n) is 11.4. The van der Waals surface area contributed by atoms with Crippen molar-refractivity contribution in [3.05, 3.63) is 0 Å². The molecule has 0 radical (unpaired) electrons. The van der Waals surface area contributed by atoms with E-state index in [-0.39, 0.29) is 31.1 Å². The van der Waals surface area contributed by atoms with E-state index in [2.05, 4.69) is 20.1 Å². The van der Waals surface area contributed by atoms with Gasteiger partial charge in [0.1, 0.15) is 0 Å². The second-order valence-corrected chi connectivity index (χ2v) is 4.84. The van der Waals surface area contributed by atoms with Crippen molar-refractivity contribution in [1.29, 1.82) is 0 Å². The maximum Gasteiger partial charge on any atom is 0.286 e. The molecule has 0 aliphatic carbocycles. The molecular formula is C11H22ClN5O2. The molecule has 0 aromatic rings. The number of aliphatic hydroxyl groups is 1. The van der Waals surface area contributed by atoms with E-state index in [1.165, 1.54) is 0 Å². The van der Waals surface area contributed by atoms with Crippen molar-refractivity contribution in [1.82, 2.24) is 20.0 Å². The summed E-state index contributed by atoms with van der Waals surface area (Å²) in [5.41, 5.74) is 0. The Kier molecular flexibility index (Phi) is 5.99. The van der Waals surface area contributed by atoms with Crippen LogP contribution in [0.2, 0.25) is 0 Å². The fourth-order valence-electron chi connectivity index (χ4n) is 2.22. The summed E-state index contributed by atoms with van der Waals surface area (Å²) >= 11 is 0. The van der Waals surface area contributed by atoms with Crippen LogP contribution in [0.3, 0.4) is 0 Å². The number of β-amino-alcohol motifs (C(OH)–C–C–N with tert-alkyl or cyclic N) is 1. The molecule has 0 bridgehead atoms. The molecule has 2 rings (SSSR count). The molecule has 1 amide bonds. The summed E-state index contributed by atoms with van der Waals surface area (Å²) in [5, 5.41) is 12.0. The number of carbonyl (C=O) groups is 1. The van der Waals surface area contributed by atoms with Crippen molar-refractivity contribution in [3.63, 3.8) is 0 Å². The summed E-state index contributed by atoms with van der Waals surface area (Å²) in [6, 6.07) is 0. The Hall–Kier alpha value is -0.890. The van der Waals surface area contributed by atoms with Crippen LogP contribution in [0.5, 0.6) is 0 Å². The van der Waals surface area contributed by atoms with Crippen LogP contribution in [0.1, 0.15) is 0 Å². The molecule has 1 unspecified atom stereocenters. The molecule has 2 aliphatic heterocycles. The molecule has 19 heavy (non-hydrogen) atoms. The van der Waals surface area contributed by atoms with Gasteiger partial charge in [-0.05, 0) is 14.1 Å². The summed E-state index contributed by atoms with van der Waals surface area (Å²) in [6.45, 7) is 4.36. The zero-order chi connectivity index (χ0) is 13.1.